The van der Waals surface area contributed by atoms with E-state index in [2.05, 4.69) is 0 Å². The highest BCUT2D eigenvalue weighted by atomic mass is 35.5. The molecule has 0 N–H and O–H groups in total. The quantitative estimate of drug-likeness (QED) is 0.491. The summed E-state index contributed by atoms with van der Waals surface area (Å²) in [6.07, 6.45) is 5.06. The van der Waals surface area contributed by atoms with Gasteiger partial charge in [0.25, 0.3) is 0 Å². The topological polar surface area (TPSA) is 34.1 Å². The van der Waals surface area contributed by atoms with E-state index in [9.17, 15) is 9.59 Å². The number of rotatable bonds is 8. The maximum absolute atomic E-state index is 11.2. The molecule has 4 heteroatoms. The van der Waals surface area contributed by atoms with E-state index in [0.717, 1.165) is 0 Å². The molecule has 2 atom stereocenters. The van der Waals surface area contributed by atoms with Crippen molar-refractivity contribution in [1.82, 2.24) is 0 Å². The Balaban J connectivity index is 4.32. The van der Waals surface area contributed by atoms with Gasteiger partial charge < -0.3 is 0 Å². The summed E-state index contributed by atoms with van der Waals surface area (Å²) in [5, 5.41) is -0.605. The first kappa shape index (κ1) is 17.7. The predicted molar refractivity (Wildman–Crippen MR) is 76.8 cm³/mol. The average Bonchev–Trinajstić information content (AvgIpc) is 2.20. The summed E-state index contributed by atoms with van der Waals surface area (Å²) in [6.45, 7) is 7.88. The van der Waals surface area contributed by atoms with Gasteiger partial charge in [0.05, 0.1) is 0 Å². The Hall–Kier alpha value is -0.340. The molecule has 0 aromatic rings. The Morgan fingerprint density at radius 3 is 1.28 bits per heavy atom. The van der Waals surface area contributed by atoms with Gasteiger partial charge in [0, 0.05) is 11.8 Å². The van der Waals surface area contributed by atoms with Crippen LogP contribution >= 0.6 is 23.2 Å². The standard InChI is InChI=1S/C14H22Cl2O2/c1-9(2)11(13(15)17)7-5-6-8-12(10(3)4)14(16)18/h5-6,9-12H,7-8H2,1-4H3/b6-5+/t11-,12-/m0/s1. The van der Waals surface area contributed by atoms with Crippen molar-refractivity contribution >= 4 is 33.7 Å². The van der Waals surface area contributed by atoms with E-state index in [1.54, 1.807) is 0 Å². The minimum Gasteiger partial charge on any atom is -0.281 e. The second kappa shape index (κ2) is 8.71. The van der Waals surface area contributed by atoms with E-state index in [0.29, 0.717) is 12.8 Å². The minimum absolute atomic E-state index is 0.160. The molecule has 0 amide bonds. The first-order chi connectivity index (χ1) is 8.27. The molecule has 0 saturated carbocycles. The number of halogens is 2. The van der Waals surface area contributed by atoms with Crippen molar-refractivity contribution in [2.45, 2.75) is 40.5 Å². The van der Waals surface area contributed by atoms with Crippen LogP contribution < -0.4 is 0 Å². The second-order valence-corrected chi connectivity index (χ2v) is 6.00. The maximum Gasteiger partial charge on any atom is 0.225 e. The fourth-order valence-corrected chi connectivity index (χ4v) is 2.42. The lowest BCUT2D eigenvalue weighted by molar-refractivity contribution is -0.117. The Labute approximate surface area is 120 Å². The van der Waals surface area contributed by atoms with Crippen LogP contribution in [0.4, 0.5) is 0 Å². The van der Waals surface area contributed by atoms with Crippen LogP contribution in [0.3, 0.4) is 0 Å². The average molecular weight is 293 g/mol. The molecule has 104 valence electrons. The first-order valence-corrected chi connectivity index (χ1v) is 7.06. The monoisotopic (exact) mass is 292 g/mol. The van der Waals surface area contributed by atoms with Crippen LogP contribution in [0.25, 0.3) is 0 Å². The summed E-state index contributed by atoms with van der Waals surface area (Å²) in [5.74, 6) is 0.115. The van der Waals surface area contributed by atoms with Gasteiger partial charge in [-0.25, -0.2) is 0 Å². The number of hydrogen-bond donors (Lipinski definition) is 0. The Kier molecular flexibility index (Phi) is 8.54. The van der Waals surface area contributed by atoms with E-state index in [1.165, 1.54) is 0 Å². The molecule has 0 fully saturated rings. The van der Waals surface area contributed by atoms with Gasteiger partial charge >= 0.3 is 0 Å². The lowest BCUT2D eigenvalue weighted by atomic mass is 9.91. The van der Waals surface area contributed by atoms with Crippen molar-refractivity contribution < 1.29 is 9.59 Å². The number of carbonyl (C=O) groups excluding carboxylic acids is 2. The fourth-order valence-electron chi connectivity index (χ4n) is 1.74. The Bertz CT molecular complexity index is 279. The lowest BCUT2D eigenvalue weighted by Gasteiger charge is -2.15. The Morgan fingerprint density at radius 2 is 1.11 bits per heavy atom. The van der Waals surface area contributed by atoms with Crippen LogP contribution in [-0.4, -0.2) is 10.5 Å². The van der Waals surface area contributed by atoms with E-state index in [1.807, 2.05) is 39.8 Å². The van der Waals surface area contributed by atoms with Crippen molar-refractivity contribution in [2.24, 2.45) is 23.7 Å². The summed E-state index contributed by atoms with van der Waals surface area (Å²) < 4.78 is 0. The van der Waals surface area contributed by atoms with Crippen LogP contribution in [-0.2, 0) is 9.59 Å². The molecule has 18 heavy (non-hydrogen) atoms. The molecule has 0 rings (SSSR count). The van der Waals surface area contributed by atoms with Gasteiger partial charge in [-0.15, -0.1) is 0 Å². The van der Waals surface area contributed by atoms with E-state index >= 15 is 0 Å². The summed E-state index contributed by atoms with van der Waals surface area (Å²) in [5.41, 5.74) is 0. The van der Waals surface area contributed by atoms with Crippen molar-refractivity contribution in [3.8, 4) is 0 Å². The number of allylic oxidation sites excluding steroid dienone is 2. The zero-order valence-corrected chi connectivity index (χ0v) is 13.0. The smallest absolute Gasteiger partial charge is 0.225 e. The van der Waals surface area contributed by atoms with Crippen LogP contribution in [0.5, 0.6) is 0 Å². The zero-order chi connectivity index (χ0) is 14.3. The summed E-state index contributed by atoms with van der Waals surface area (Å²) in [4.78, 5) is 22.4. The molecule has 0 unspecified atom stereocenters. The van der Waals surface area contributed by atoms with Crippen molar-refractivity contribution in [2.75, 3.05) is 0 Å². The molecule has 0 aliphatic carbocycles. The van der Waals surface area contributed by atoms with Crippen LogP contribution in [0.2, 0.25) is 0 Å². The zero-order valence-electron chi connectivity index (χ0n) is 11.5. The molecule has 0 aliphatic rings. The van der Waals surface area contributed by atoms with E-state index in [4.69, 9.17) is 23.2 Å². The fraction of sp³-hybridized carbons (Fsp3) is 0.714. The summed E-state index contributed by atoms with van der Waals surface area (Å²) >= 11 is 11.1. The molecule has 0 bridgehead atoms. The largest absolute Gasteiger partial charge is 0.281 e. The summed E-state index contributed by atoms with van der Waals surface area (Å²) in [7, 11) is 0. The SMILES string of the molecule is CC(C)[C@H](C/C=C/C[C@H](C(=O)Cl)C(C)C)C(=O)Cl. The van der Waals surface area contributed by atoms with E-state index < -0.39 is 0 Å². The van der Waals surface area contributed by atoms with Gasteiger partial charge in [0.15, 0.2) is 0 Å². The van der Waals surface area contributed by atoms with Gasteiger partial charge in [0.2, 0.25) is 10.5 Å². The molecule has 0 saturated heterocycles. The Morgan fingerprint density at radius 1 is 0.833 bits per heavy atom. The van der Waals surface area contributed by atoms with Gasteiger partial charge in [-0.1, -0.05) is 39.8 Å². The molecular weight excluding hydrogens is 271 g/mol. The number of hydrogen-bond acceptors (Lipinski definition) is 2. The third kappa shape index (κ3) is 6.55. The van der Waals surface area contributed by atoms with Crippen molar-refractivity contribution in [3.05, 3.63) is 12.2 Å². The third-order valence-corrected chi connectivity index (χ3v) is 3.70. The van der Waals surface area contributed by atoms with Crippen LogP contribution in [0.1, 0.15) is 40.5 Å². The lowest BCUT2D eigenvalue weighted by Crippen LogP contribution is -2.16. The maximum atomic E-state index is 11.2. The van der Waals surface area contributed by atoms with Crippen molar-refractivity contribution in [3.63, 3.8) is 0 Å². The van der Waals surface area contributed by atoms with Crippen LogP contribution in [0.15, 0.2) is 12.2 Å². The van der Waals surface area contributed by atoms with Gasteiger partial charge in [0.1, 0.15) is 0 Å². The van der Waals surface area contributed by atoms with Gasteiger partial charge in [-0.2, -0.15) is 0 Å². The van der Waals surface area contributed by atoms with Gasteiger partial charge in [-0.3, -0.25) is 9.59 Å². The molecule has 0 aliphatic heterocycles. The predicted octanol–water partition coefficient (Wildman–Crippen LogP) is 4.40. The van der Waals surface area contributed by atoms with E-state index in [-0.39, 0.29) is 34.2 Å². The van der Waals surface area contributed by atoms with Crippen molar-refractivity contribution in [1.29, 1.82) is 0 Å². The molecule has 0 radical (unpaired) electrons. The molecule has 2 nitrogen and oxygen atoms in total. The molecule has 0 spiro atoms. The molecule has 0 heterocycles. The highest BCUT2D eigenvalue weighted by Crippen LogP contribution is 2.21. The third-order valence-electron chi connectivity index (χ3n) is 3.14. The summed E-state index contributed by atoms with van der Waals surface area (Å²) in [6, 6.07) is 0. The minimum atomic E-state index is -0.302. The molecular formula is C14H22Cl2O2. The number of carbonyl (C=O) groups is 2. The van der Waals surface area contributed by atoms with Crippen LogP contribution in [0, 0.1) is 23.7 Å². The first-order valence-electron chi connectivity index (χ1n) is 6.31. The molecule has 0 aromatic heterocycles. The normalized spacial score (nSPS) is 15.3. The van der Waals surface area contributed by atoms with Gasteiger partial charge in [-0.05, 0) is 47.9 Å². The highest BCUT2D eigenvalue weighted by Gasteiger charge is 2.20. The highest BCUT2D eigenvalue weighted by molar-refractivity contribution is 6.64. The molecule has 0 aromatic carbocycles. The second-order valence-electron chi connectivity index (χ2n) is 5.25.